The van der Waals surface area contributed by atoms with Gasteiger partial charge in [-0.2, -0.15) is 0 Å². The van der Waals surface area contributed by atoms with Gasteiger partial charge in [-0.1, -0.05) is 29.8 Å². The molecular formula is C30H34BrN3O4. The minimum absolute atomic E-state index is 0.241. The number of aryl methyl sites for hydroxylation is 1. The lowest BCUT2D eigenvalue weighted by Crippen LogP contribution is -2.24. The topological polar surface area (TPSA) is 75.5 Å². The Kier molecular flexibility index (Phi) is 8.53. The lowest BCUT2D eigenvalue weighted by Gasteiger charge is -2.25. The third kappa shape index (κ3) is 6.08. The number of nitrogens with zero attached hydrogens (tertiary/aromatic N) is 3. The number of halogens is 1. The van der Waals surface area contributed by atoms with Crippen LogP contribution in [0.4, 0.5) is 0 Å². The molecule has 1 aromatic carbocycles. The first kappa shape index (κ1) is 27.8. The number of benzene rings is 1. The van der Waals surface area contributed by atoms with Crippen LogP contribution in [0.15, 0.2) is 59.5 Å². The summed E-state index contributed by atoms with van der Waals surface area (Å²) >= 11 is 3.67. The van der Waals surface area contributed by atoms with E-state index < -0.39 is 0 Å². The number of hydrogen-bond acceptors (Lipinski definition) is 6. The summed E-state index contributed by atoms with van der Waals surface area (Å²) in [7, 11) is 1.69. The summed E-state index contributed by atoms with van der Waals surface area (Å²) in [5.74, 6) is 0.965. The van der Waals surface area contributed by atoms with Gasteiger partial charge in [0.15, 0.2) is 0 Å². The molecule has 0 saturated heterocycles. The van der Waals surface area contributed by atoms with Crippen LogP contribution in [0.1, 0.15) is 52.0 Å². The zero-order valence-corrected chi connectivity index (χ0v) is 24.3. The third-order valence-corrected chi connectivity index (χ3v) is 7.02. The maximum atomic E-state index is 11.6. The lowest BCUT2D eigenvalue weighted by atomic mass is 9.84. The molecular weight excluding hydrogens is 546 g/mol. The Balaban J connectivity index is 1.96. The number of carbonyl (C=O) groups excluding carboxylic acids is 1. The van der Waals surface area contributed by atoms with Crippen molar-refractivity contribution in [3.8, 4) is 22.8 Å². The molecule has 0 saturated carbocycles. The zero-order chi connectivity index (χ0) is 27.4. The minimum Gasteiger partial charge on any atom is -0.465 e. The van der Waals surface area contributed by atoms with Gasteiger partial charge in [-0.3, -0.25) is 14.8 Å². The molecule has 0 fully saturated rings. The van der Waals surface area contributed by atoms with E-state index in [0.29, 0.717) is 24.5 Å². The molecule has 0 aliphatic heterocycles. The van der Waals surface area contributed by atoms with Crippen LogP contribution >= 0.6 is 15.9 Å². The molecule has 1 atom stereocenters. The summed E-state index contributed by atoms with van der Waals surface area (Å²) < 4.78 is 20.6. The largest absolute Gasteiger partial charge is 0.465 e. The molecule has 38 heavy (non-hydrogen) atoms. The third-order valence-electron chi connectivity index (χ3n) is 6.53. The van der Waals surface area contributed by atoms with Crippen LogP contribution in [0.25, 0.3) is 22.2 Å². The number of fused-ring (bicyclic) bond motifs is 1. The molecule has 0 radical (unpaired) electrons. The maximum absolute atomic E-state index is 11.6. The van der Waals surface area contributed by atoms with Gasteiger partial charge in [0.05, 0.1) is 36.5 Å². The van der Waals surface area contributed by atoms with Gasteiger partial charge in [0.1, 0.15) is 11.5 Å². The zero-order valence-electron chi connectivity index (χ0n) is 22.7. The summed E-state index contributed by atoms with van der Waals surface area (Å²) in [6.45, 7) is 10.9. The van der Waals surface area contributed by atoms with Crippen molar-refractivity contribution in [2.75, 3.05) is 13.7 Å². The van der Waals surface area contributed by atoms with Gasteiger partial charge in [0, 0.05) is 53.1 Å². The summed E-state index contributed by atoms with van der Waals surface area (Å²) in [6, 6.07) is 12.1. The van der Waals surface area contributed by atoms with Crippen molar-refractivity contribution < 1.29 is 19.0 Å². The van der Waals surface area contributed by atoms with E-state index >= 15 is 0 Å². The first-order chi connectivity index (χ1) is 18.1. The van der Waals surface area contributed by atoms with Crippen LogP contribution in [0.2, 0.25) is 0 Å². The second-order valence-corrected chi connectivity index (χ2v) is 11.0. The SMILES string of the molecule is CCn1c(-c2cc(Oc3cccnc3)cnc2[C@H](C)OC)c(CC(C)(C)COC(C)=O)c2cc(Br)ccc21. The molecule has 0 unspecified atom stereocenters. The summed E-state index contributed by atoms with van der Waals surface area (Å²) in [4.78, 5) is 20.6. The Hall–Kier alpha value is -3.23. The number of pyridine rings is 2. The van der Waals surface area contributed by atoms with Gasteiger partial charge < -0.3 is 18.8 Å². The monoisotopic (exact) mass is 579 g/mol. The van der Waals surface area contributed by atoms with Gasteiger partial charge in [0.25, 0.3) is 0 Å². The van der Waals surface area contributed by atoms with E-state index in [4.69, 9.17) is 19.2 Å². The quantitative estimate of drug-likeness (QED) is 0.181. The number of aromatic nitrogens is 3. The average Bonchev–Trinajstić information content (AvgIpc) is 3.19. The summed E-state index contributed by atoms with van der Waals surface area (Å²) in [5.41, 5.74) is 4.79. The van der Waals surface area contributed by atoms with E-state index in [-0.39, 0.29) is 17.5 Å². The van der Waals surface area contributed by atoms with Crippen LogP contribution < -0.4 is 4.74 Å². The van der Waals surface area contributed by atoms with E-state index in [9.17, 15) is 4.79 Å². The van der Waals surface area contributed by atoms with E-state index in [1.165, 1.54) is 6.92 Å². The maximum Gasteiger partial charge on any atom is 0.302 e. The highest BCUT2D eigenvalue weighted by Gasteiger charge is 2.29. The molecule has 0 aliphatic carbocycles. The molecule has 4 aromatic rings. The standard InChI is InChI=1S/C30H34BrN3O4/c1-7-34-27-11-10-21(31)13-24(27)26(15-30(4,5)18-37-20(3)35)29(34)25-14-23(17-33-28(25)19(2)36-6)38-22-9-8-12-32-16-22/h8-14,16-17,19H,7,15,18H2,1-6H3/t19-/m0/s1. The minimum atomic E-state index is -0.306. The van der Waals surface area contributed by atoms with Gasteiger partial charge in [-0.25, -0.2) is 0 Å². The van der Waals surface area contributed by atoms with Crippen LogP contribution in [0.3, 0.4) is 0 Å². The van der Waals surface area contributed by atoms with Crippen molar-refractivity contribution in [1.29, 1.82) is 0 Å². The first-order valence-electron chi connectivity index (χ1n) is 12.7. The van der Waals surface area contributed by atoms with Gasteiger partial charge >= 0.3 is 5.97 Å². The molecule has 3 aromatic heterocycles. The molecule has 7 nitrogen and oxygen atoms in total. The Bertz CT molecular complexity index is 1430. The van der Waals surface area contributed by atoms with E-state index in [0.717, 1.165) is 44.4 Å². The summed E-state index contributed by atoms with van der Waals surface area (Å²) in [6.07, 6.45) is 5.55. The van der Waals surface area contributed by atoms with Gasteiger partial charge in [0.2, 0.25) is 0 Å². The number of hydrogen-bond donors (Lipinski definition) is 0. The van der Waals surface area contributed by atoms with Crippen molar-refractivity contribution in [2.24, 2.45) is 5.41 Å². The van der Waals surface area contributed by atoms with Crippen LogP contribution in [0, 0.1) is 5.41 Å². The Morgan fingerprint density at radius 3 is 2.61 bits per heavy atom. The predicted octanol–water partition coefficient (Wildman–Crippen LogP) is 7.51. The van der Waals surface area contributed by atoms with Crippen molar-refractivity contribution in [3.05, 3.63) is 70.7 Å². The van der Waals surface area contributed by atoms with Crippen molar-refractivity contribution in [3.63, 3.8) is 0 Å². The molecule has 0 spiro atoms. The highest BCUT2D eigenvalue weighted by atomic mass is 79.9. The fraction of sp³-hybridized carbons (Fsp3) is 0.367. The van der Waals surface area contributed by atoms with Crippen molar-refractivity contribution >= 4 is 32.8 Å². The lowest BCUT2D eigenvalue weighted by molar-refractivity contribution is -0.143. The molecule has 4 rings (SSSR count). The van der Waals surface area contributed by atoms with Crippen molar-refractivity contribution in [1.82, 2.24) is 14.5 Å². The second kappa shape index (κ2) is 11.7. The van der Waals surface area contributed by atoms with E-state index in [1.54, 1.807) is 25.7 Å². The summed E-state index contributed by atoms with van der Waals surface area (Å²) in [5, 5.41) is 1.14. The average molecular weight is 581 g/mol. The first-order valence-corrected chi connectivity index (χ1v) is 13.5. The van der Waals surface area contributed by atoms with Crippen LogP contribution in [-0.4, -0.2) is 34.2 Å². The Labute approximate surface area is 232 Å². The highest BCUT2D eigenvalue weighted by molar-refractivity contribution is 9.10. The Morgan fingerprint density at radius 1 is 1.16 bits per heavy atom. The number of rotatable bonds is 10. The molecule has 0 N–H and O–H groups in total. The van der Waals surface area contributed by atoms with Crippen LogP contribution in [-0.2, 0) is 27.2 Å². The second-order valence-electron chi connectivity index (χ2n) is 10.1. The Morgan fingerprint density at radius 2 is 1.95 bits per heavy atom. The number of ether oxygens (including phenoxy) is 3. The fourth-order valence-corrected chi connectivity index (χ4v) is 5.08. The molecule has 8 heteroatoms. The molecule has 3 heterocycles. The van der Waals surface area contributed by atoms with Gasteiger partial charge in [-0.05, 0) is 62.2 Å². The molecule has 200 valence electrons. The smallest absolute Gasteiger partial charge is 0.302 e. The molecule has 0 aliphatic rings. The molecule has 0 amide bonds. The van der Waals surface area contributed by atoms with Crippen LogP contribution in [0.5, 0.6) is 11.5 Å². The van der Waals surface area contributed by atoms with E-state index in [2.05, 4.69) is 64.5 Å². The fourth-order valence-electron chi connectivity index (χ4n) is 4.72. The van der Waals surface area contributed by atoms with E-state index in [1.807, 2.05) is 25.1 Å². The number of esters is 1. The highest BCUT2D eigenvalue weighted by Crippen LogP contribution is 2.42. The normalized spacial score (nSPS) is 12.5. The number of methoxy groups -OCH3 is 1. The van der Waals surface area contributed by atoms with Gasteiger partial charge in [-0.15, -0.1) is 0 Å². The number of carbonyl (C=O) groups is 1. The predicted molar refractivity (Wildman–Crippen MR) is 152 cm³/mol. The molecule has 0 bridgehead atoms. The van der Waals surface area contributed by atoms with Crippen molar-refractivity contribution in [2.45, 2.75) is 53.7 Å².